The fourth-order valence-corrected chi connectivity index (χ4v) is 4.24. The van der Waals surface area contributed by atoms with Gasteiger partial charge in [-0.25, -0.2) is 8.78 Å². The van der Waals surface area contributed by atoms with Crippen molar-refractivity contribution in [3.05, 3.63) is 60.2 Å². The quantitative estimate of drug-likeness (QED) is 0.790. The second kappa shape index (κ2) is 8.39. The Kier molecular flexibility index (Phi) is 5.67. The Bertz CT molecular complexity index is 930. The number of nitrogens with zero attached hydrogens (tertiary/aromatic N) is 2. The van der Waals surface area contributed by atoms with E-state index >= 15 is 0 Å². The Morgan fingerprint density at radius 2 is 1.80 bits per heavy atom. The van der Waals surface area contributed by atoms with E-state index in [-0.39, 0.29) is 23.9 Å². The Morgan fingerprint density at radius 3 is 2.50 bits per heavy atom. The molecule has 2 fully saturated rings. The normalized spacial score (nSPS) is 18.5. The first-order valence-electron chi connectivity index (χ1n) is 10.1. The topological polar surface area (TPSA) is 64.7 Å². The van der Waals surface area contributed by atoms with Gasteiger partial charge < -0.3 is 20.4 Å². The maximum absolute atomic E-state index is 13.3. The Hall–Kier alpha value is -3.00. The van der Waals surface area contributed by atoms with Crippen LogP contribution in [0.4, 0.5) is 20.2 Å². The van der Waals surface area contributed by atoms with Crippen LogP contribution in [0.2, 0.25) is 0 Å². The summed E-state index contributed by atoms with van der Waals surface area (Å²) < 4.78 is 26.3. The van der Waals surface area contributed by atoms with Crippen LogP contribution in [0.25, 0.3) is 0 Å². The third-order valence-electron chi connectivity index (χ3n) is 5.95. The molecule has 2 N–H and O–H groups in total. The minimum absolute atomic E-state index is 0.0575. The lowest BCUT2D eigenvalue weighted by atomic mass is 9.85. The van der Waals surface area contributed by atoms with Crippen LogP contribution in [0.3, 0.4) is 0 Å². The Balaban J connectivity index is 1.31. The number of carbonyl (C=O) groups excluding carboxylic acids is 2. The van der Waals surface area contributed by atoms with E-state index < -0.39 is 17.2 Å². The maximum Gasteiger partial charge on any atom is 0.247 e. The van der Waals surface area contributed by atoms with Crippen LogP contribution >= 0.6 is 0 Å². The van der Waals surface area contributed by atoms with Crippen molar-refractivity contribution < 1.29 is 18.4 Å². The van der Waals surface area contributed by atoms with Crippen LogP contribution in [0.1, 0.15) is 19.3 Å². The lowest BCUT2D eigenvalue weighted by Gasteiger charge is -2.43. The summed E-state index contributed by atoms with van der Waals surface area (Å²) in [5.41, 5.74) is 0.707. The molecule has 0 aromatic heterocycles. The lowest BCUT2D eigenvalue weighted by Crippen LogP contribution is -2.56. The van der Waals surface area contributed by atoms with Crippen LogP contribution in [0.15, 0.2) is 48.5 Å². The SMILES string of the molecule is O=C(CCN1CCC2(CC1)C(=O)NCN2c1ccccc1)Nc1ccc(F)c(F)c1. The van der Waals surface area contributed by atoms with Crippen molar-refractivity contribution in [1.82, 2.24) is 10.2 Å². The fourth-order valence-electron chi connectivity index (χ4n) is 4.24. The highest BCUT2D eigenvalue weighted by Crippen LogP contribution is 2.36. The number of hydrogen-bond donors (Lipinski definition) is 2. The summed E-state index contributed by atoms with van der Waals surface area (Å²) >= 11 is 0. The lowest BCUT2D eigenvalue weighted by molar-refractivity contribution is -0.125. The predicted molar refractivity (Wildman–Crippen MR) is 110 cm³/mol. The van der Waals surface area contributed by atoms with E-state index in [1.807, 2.05) is 30.3 Å². The number of carbonyl (C=O) groups is 2. The number of anilines is 2. The number of hydrogen-bond acceptors (Lipinski definition) is 4. The third kappa shape index (κ3) is 4.00. The summed E-state index contributed by atoms with van der Waals surface area (Å²) in [6.45, 7) is 2.45. The second-order valence-corrected chi connectivity index (χ2v) is 7.73. The molecule has 0 aliphatic carbocycles. The highest BCUT2D eigenvalue weighted by atomic mass is 19.2. The van der Waals surface area contributed by atoms with Gasteiger partial charge in [0.1, 0.15) is 5.54 Å². The maximum atomic E-state index is 13.3. The van der Waals surface area contributed by atoms with Crippen molar-refractivity contribution in [3.63, 3.8) is 0 Å². The average molecular weight is 414 g/mol. The summed E-state index contributed by atoms with van der Waals surface area (Å²) in [5.74, 6) is -2.14. The van der Waals surface area contributed by atoms with Gasteiger partial charge in [-0.2, -0.15) is 0 Å². The molecule has 6 nitrogen and oxygen atoms in total. The van der Waals surface area contributed by atoms with E-state index in [9.17, 15) is 18.4 Å². The smallest absolute Gasteiger partial charge is 0.247 e. The van der Waals surface area contributed by atoms with E-state index in [2.05, 4.69) is 20.4 Å². The zero-order chi connectivity index (χ0) is 21.1. The molecule has 158 valence electrons. The molecule has 2 aromatic rings. The molecule has 0 unspecified atom stereocenters. The van der Waals surface area contributed by atoms with E-state index in [4.69, 9.17) is 0 Å². The zero-order valence-electron chi connectivity index (χ0n) is 16.5. The molecule has 0 radical (unpaired) electrons. The number of halogens is 2. The van der Waals surface area contributed by atoms with Crippen molar-refractivity contribution in [3.8, 4) is 0 Å². The Morgan fingerprint density at radius 1 is 1.07 bits per heavy atom. The van der Waals surface area contributed by atoms with Gasteiger partial charge in [0.2, 0.25) is 11.8 Å². The second-order valence-electron chi connectivity index (χ2n) is 7.73. The van der Waals surface area contributed by atoms with E-state index in [0.29, 0.717) is 39.1 Å². The molecule has 1 spiro atoms. The molecule has 4 rings (SSSR count). The molecule has 2 heterocycles. The first-order valence-corrected chi connectivity index (χ1v) is 10.1. The third-order valence-corrected chi connectivity index (χ3v) is 5.95. The standard InChI is InChI=1S/C22H24F2N4O2/c23-18-7-6-16(14-19(18)24)26-20(29)8-11-27-12-9-22(10-13-27)21(30)25-15-28(22)17-4-2-1-3-5-17/h1-7,14H,8-13,15H2,(H,25,30)(H,26,29). The molecule has 8 heteroatoms. The van der Waals surface area contributed by atoms with E-state index in [1.165, 1.54) is 6.07 Å². The van der Waals surface area contributed by atoms with Crippen molar-refractivity contribution in [2.75, 3.05) is 36.5 Å². The van der Waals surface area contributed by atoms with Crippen molar-refractivity contribution in [1.29, 1.82) is 0 Å². The van der Waals surface area contributed by atoms with Gasteiger partial charge in [0, 0.05) is 43.5 Å². The van der Waals surface area contributed by atoms with Gasteiger partial charge in [0.15, 0.2) is 11.6 Å². The molecule has 30 heavy (non-hydrogen) atoms. The molecule has 0 atom stereocenters. The van der Waals surface area contributed by atoms with Crippen LogP contribution in [0, 0.1) is 11.6 Å². The Labute approximate surface area is 173 Å². The largest absolute Gasteiger partial charge is 0.339 e. The first kappa shape index (κ1) is 20.3. The molecule has 2 aliphatic rings. The van der Waals surface area contributed by atoms with Crippen LogP contribution in [-0.2, 0) is 9.59 Å². The van der Waals surface area contributed by atoms with Crippen LogP contribution in [0.5, 0.6) is 0 Å². The predicted octanol–water partition coefficient (Wildman–Crippen LogP) is 2.72. The minimum atomic E-state index is -0.994. The molecule has 0 bridgehead atoms. The number of likely N-dealkylation sites (tertiary alicyclic amines) is 1. The highest BCUT2D eigenvalue weighted by molar-refractivity contribution is 5.93. The number of para-hydroxylation sites is 1. The first-order chi connectivity index (χ1) is 14.5. The van der Waals surface area contributed by atoms with Gasteiger partial charge in [-0.05, 0) is 37.1 Å². The van der Waals surface area contributed by atoms with Crippen molar-refractivity contribution >= 4 is 23.2 Å². The molecule has 2 amide bonds. The number of nitrogens with one attached hydrogen (secondary N) is 2. The van der Waals surface area contributed by atoms with Crippen LogP contribution in [-0.4, -0.2) is 48.6 Å². The summed E-state index contributed by atoms with van der Waals surface area (Å²) in [6.07, 6.45) is 1.59. The van der Waals surface area contributed by atoms with Gasteiger partial charge in [0.25, 0.3) is 0 Å². The van der Waals surface area contributed by atoms with Gasteiger partial charge in [0.05, 0.1) is 6.67 Å². The summed E-state index contributed by atoms with van der Waals surface area (Å²) in [4.78, 5) is 29.1. The minimum Gasteiger partial charge on any atom is -0.339 e. The van der Waals surface area contributed by atoms with Crippen molar-refractivity contribution in [2.45, 2.75) is 24.8 Å². The molecular weight excluding hydrogens is 390 g/mol. The summed E-state index contributed by atoms with van der Waals surface area (Å²) in [5, 5.41) is 5.57. The van der Waals surface area contributed by atoms with Crippen LogP contribution < -0.4 is 15.5 Å². The number of benzene rings is 2. The van der Waals surface area contributed by atoms with E-state index in [1.54, 1.807) is 0 Å². The number of amides is 2. The van der Waals surface area contributed by atoms with Gasteiger partial charge in [-0.15, -0.1) is 0 Å². The summed E-state index contributed by atoms with van der Waals surface area (Å²) in [6, 6.07) is 13.2. The highest BCUT2D eigenvalue weighted by Gasteiger charge is 2.50. The van der Waals surface area contributed by atoms with Crippen molar-refractivity contribution in [2.24, 2.45) is 0 Å². The van der Waals surface area contributed by atoms with E-state index in [0.717, 1.165) is 17.8 Å². The number of rotatable bonds is 5. The summed E-state index contributed by atoms with van der Waals surface area (Å²) in [7, 11) is 0. The van der Waals surface area contributed by atoms with Gasteiger partial charge in [-0.3, -0.25) is 9.59 Å². The van der Waals surface area contributed by atoms with Gasteiger partial charge >= 0.3 is 0 Å². The molecule has 0 saturated carbocycles. The molecular formula is C22H24F2N4O2. The molecule has 2 aromatic carbocycles. The molecule has 2 saturated heterocycles. The fraction of sp³-hybridized carbons (Fsp3) is 0.364. The zero-order valence-corrected chi connectivity index (χ0v) is 16.5. The number of piperidine rings is 1. The molecule has 2 aliphatic heterocycles. The average Bonchev–Trinajstić information content (AvgIpc) is 3.07. The van der Waals surface area contributed by atoms with Gasteiger partial charge in [-0.1, -0.05) is 18.2 Å². The monoisotopic (exact) mass is 414 g/mol.